The molecule has 1 aromatic heterocycles. The summed E-state index contributed by atoms with van der Waals surface area (Å²) in [5, 5.41) is 15.4. The van der Waals surface area contributed by atoms with Crippen LogP contribution in [0.25, 0.3) is 0 Å². The molecule has 2 aliphatic rings. The number of nitrogens with zero attached hydrogens (tertiary/aromatic N) is 2. The Morgan fingerprint density at radius 3 is 2.29 bits per heavy atom. The van der Waals surface area contributed by atoms with Crippen molar-refractivity contribution in [3.8, 4) is 0 Å². The molecule has 2 aromatic rings. The zero-order chi connectivity index (χ0) is 28.0. The minimum absolute atomic E-state index is 0.125. The molecular formula is C26H32F4N4O4. The fraction of sp³-hybridized carbons (Fsp3) is 0.538. The third-order valence-electron chi connectivity index (χ3n) is 7.35. The summed E-state index contributed by atoms with van der Waals surface area (Å²) in [6, 6.07) is 5.31. The standard InChI is InChI=1S/C24H31FN4O2.C2HF3O2/c1-16-17(2)23(30)27-26-22(16)15-18-6-7-21(25)20(14-18)24(31)29-12-8-19(9-13-29)28-10-4-3-5-11-28;3-2(4,5)1(6)7/h6-7,14,19H,3-5,8-13,15H2,1-2H3,(H,27,30);(H,6,7). The van der Waals surface area contributed by atoms with Crippen LogP contribution in [-0.4, -0.2) is 65.4 Å². The SMILES string of the molecule is Cc1c(Cc2ccc(F)c(C(=O)N3CCC([NH+]4CCCCC4)CC3)c2)n[nH]c(=O)c1C.O=C([O-])C(F)(F)F. The highest BCUT2D eigenvalue weighted by atomic mass is 19.4. The molecule has 38 heavy (non-hydrogen) atoms. The number of quaternary nitrogens is 1. The third-order valence-corrected chi connectivity index (χ3v) is 7.35. The van der Waals surface area contributed by atoms with E-state index in [1.807, 2.05) is 6.92 Å². The predicted molar refractivity (Wildman–Crippen MR) is 128 cm³/mol. The van der Waals surface area contributed by atoms with E-state index in [0.29, 0.717) is 31.1 Å². The van der Waals surface area contributed by atoms with Crippen LogP contribution in [0.2, 0.25) is 0 Å². The maximum Gasteiger partial charge on any atom is 0.430 e. The molecule has 8 nitrogen and oxygen atoms in total. The lowest BCUT2D eigenvalue weighted by molar-refractivity contribution is -0.931. The Kier molecular flexibility index (Phi) is 9.64. The summed E-state index contributed by atoms with van der Waals surface area (Å²) < 4.78 is 46.1. The number of likely N-dealkylation sites (tertiary alicyclic amines) is 2. The lowest BCUT2D eigenvalue weighted by atomic mass is 9.98. The van der Waals surface area contributed by atoms with Gasteiger partial charge in [-0.1, -0.05) is 6.07 Å². The number of piperidine rings is 2. The zero-order valence-electron chi connectivity index (χ0n) is 21.4. The van der Waals surface area contributed by atoms with E-state index < -0.39 is 18.0 Å². The Hall–Kier alpha value is -3.28. The van der Waals surface area contributed by atoms with Gasteiger partial charge in [0, 0.05) is 37.9 Å². The lowest BCUT2D eigenvalue weighted by Gasteiger charge is -2.37. The Labute approximate surface area is 217 Å². The van der Waals surface area contributed by atoms with Crippen molar-refractivity contribution in [2.75, 3.05) is 26.2 Å². The van der Waals surface area contributed by atoms with Gasteiger partial charge in [-0.25, -0.2) is 9.49 Å². The second kappa shape index (κ2) is 12.5. The molecule has 2 N–H and O–H groups in total. The van der Waals surface area contributed by atoms with Gasteiger partial charge in [-0.05, 0) is 56.4 Å². The Bertz CT molecular complexity index is 1200. The molecule has 2 fully saturated rings. The molecule has 0 saturated carbocycles. The number of aromatic nitrogens is 2. The van der Waals surface area contributed by atoms with Gasteiger partial charge in [0.1, 0.15) is 11.8 Å². The van der Waals surface area contributed by atoms with E-state index in [0.717, 1.165) is 29.7 Å². The Morgan fingerprint density at radius 1 is 1.11 bits per heavy atom. The van der Waals surface area contributed by atoms with E-state index in [1.54, 1.807) is 28.9 Å². The van der Waals surface area contributed by atoms with Crippen molar-refractivity contribution in [2.45, 2.75) is 64.6 Å². The average molecular weight is 541 g/mol. The molecule has 1 aromatic carbocycles. The van der Waals surface area contributed by atoms with Gasteiger partial charge >= 0.3 is 6.18 Å². The van der Waals surface area contributed by atoms with Crippen LogP contribution in [0.3, 0.4) is 0 Å². The third kappa shape index (κ3) is 7.40. The smallest absolute Gasteiger partial charge is 0.430 e. The maximum absolute atomic E-state index is 14.6. The second-order valence-corrected chi connectivity index (χ2v) is 9.81. The largest absolute Gasteiger partial charge is 0.542 e. The van der Waals surface area contributed by atoms with E-state index in [2.05, 4.69) is 10.2 Å². The van der Waals surface area contributed by atoms with Crippen LogP contribution in [-0.2, 0) is 11.2 Å². The van der Waals surface area contributed by atoms with Gasteiger partial charge < -0.3 is 19.7 Å². The molecule has 0 atom stereocenters. The fourth-order valence-electron chi connectivity index (χ4n) is 4.96. The first-order valence-corrected chi connectivity index (χ1v) is 12.6. The van der Waals surface area contributed by atoms with Crippen molar-refractivity contribution >= 4 is 11.9 Å². The summed E-state index contributed by atoms with van der Waals surface area (Å²) in [4.78, 5) is 37.1. The first-order chi connectivity index (χ1) is 17.9. The molecule has 2 aliphatic heterocycles. The van der Waals surface area contributed by atoms with Crippen molar-refractivity contribution in [3.05, 3.63) is 62.3 Å². The number of hydrogen-bond acceptors (Lipinski definition) is 5. The Balaban J connectivity index is 0.000000505. The van der Waals surface area contributed by atoms with Crippen LogP contribution in [0.15, 0.2) is 23.0 Å². The van der Waals surface area contributed by atoms with Crippen molar-refractivity contribution in [1.29, 1.82) is 0 Å². The molecule has 0 unspecified atom stereocenters. The summed E-state index contributed by atoms with van der Waals surface area (Å²) >= 11 is 0. The predicted octanol–water partition coefficient (Wildman–Crippen LogP) is 1.09. The van der Waals surface area contributed by atoms with Gasteiger partial charge in [0.2, 0.25) is 0 Å². The summed E-state index contributed by atoms with van der Waals surface area (Å²) in [7, 11) is 0. The molecule has 4 rings (SSSR count). The molecule has 0 spiro atoms. The lowest BCUT2D eigenvalue weighted by Crippen LogP contribution is -3.16. The number of nitrogens with one attached hydrogen (secondary N) is 2. The average Bonchev–Trinajstić information content (AvgIpc) is 2.90. The first kappa shape index (κ1) is 29.3. The van der Waals surface area contributed by atoms with Gasteiger partial charge in [-0.15, -0.1) is 0 Å². The van der Waals surface area contributed by atoms with Gasteiger partial charge in [-0.3, -0.25) is 9.59 Å². The number of hydrogen-bond donors (Lipinski definition) is 2. The molecule has 0 bridgehead atoms. The highest BCUT2D eigenvalue weighted by Crippen LogP contribution is 2.20. The van der Waals surface area contributed by atoms with Crippen LogP contribution in [0.4, 0.5) is 17.6 Å². The number of rotatable bonds is 4. The number of aromatic amines is 1. The molecule has 0 aliphatic carbocycles. The van der Waals surface area contributed by atoms with Gasteiger partial charge in [0.25, 0.3) is 11.5 Å². The van der Waals surface area contributed by atoms with E-state index >= 15 is 0 Å². The number of carbonyl (C=O) groups excluding carboxylic acids is 2. The van der Waals surface area contributed by atoms with Gasteiger partial charge in [0.15, 0.2) is 0 Å². The van der Waals surface area contributed by atoms with Crippen LogP contribution < -0.4 is 15.6 Å². The topological polar surface area (TPSA) is 111 Å². The molecule has 1 amide bonds. The summed E-state index contributed by atoms with van der Waals surface area (Å²) in [6.45, 7) is 7.48. The molecule has 2 saturated heterocycles. The molecule has 12 heteroatoms. The van der Waals surface area contributed by atoms with Crippen molar-refractivity contribution in [1.82, 2.24) is 15.1 Å². The van der Waals surface area contributed by atoms with E-state index in [-0.39, 0.29) is 17.0 Å². The van der Waals surface area contributed by atoms with Gasteiger partial charge in [-0.2, -0.15) is 18.3 Å². The number of carbonyl (C=O) groups is 2. The van der Waals surface area contributed by atoms with E-state index in [4.69, 9.17) is 9.90 Å². The molecule has 208 valence electrons. The summed E-state index contributed by atoms with van der Waals surface area (Å²) in [5.41, 5.74) is 2.91. The maximum atomic E-state index is 14.6. The minimum Gasteiger partial charge on any atom is -0.542 e. The van der Waals surface area contributed by atoms with Gasteiger partial charge in [0.05, 0.1) is 30.4 Å². The number of halogens is 4. The highest BCUT2D eigenvalue weighted by molar-refractivity contribution is 5.94. The van der Waals surface area contributed by atoms with Crippen LogP contribution in [0, 0.1) is 19.7 Å². The normalized spacial score (nSPS) is 17.1. The molecule has 0 radical (unpaired) electrons. The number of carboxylic acid groups (broad SMARTS) is 1. The summed E-state index contributed by atoms with van der Waals surface area (Å²) in [6.07, 6.45) is 1.16. The monoisotopic (exact) mass is 540 g/mol. The number of benzene rings is 1. The number of carboxylic acids is 1. The van der Waals surface area contributed by atoms with Crippen LogP contribution >= 0.6 is 0 Å². The minimum atomic E-state index is -5.19. The first-order valence-electron chi connectivity index (χ1n) is 12.6. The fourth-order valence-corrected chi connectivity index (χ4v) is 4.96. The molecular weight excluding hydrogens is 508 g/mol. The summed E-state index contributed by atoms with van der Waals surface area (Å²) in [5.74, 6) is -3.72. The zero-order valence-corrected chi connectivity index (χ0v) is 21.4. The van der Waals surface area contributed by atoms with Crippen LogP contribution in [0.1, 0.15) is 64.8 Å². The number of alkyl halides is 3. The molecule has 3 heterocycles. The van der Waals surface area contributed by atoms with Crippen molar-refractivity contribution in [3.63, 3.8) is 0 Å². The van der Waals surface area contributed by atoms with Crippen LogP contribution in [0.5, 0.6) is 0 Å². The van der Waals surface area contributed by atoms with Crippen molar-refractivity contribution < 1.29 is 37.2 Å². The Morgan fingerprint density at radius 2 is 1.71 bits per heavy atom. The second-order valence-electron chi connectivity index (χ2n) is 9.81. The van der Waals surface area contributed by atoms with Crippen molar-refractivity contribution in [2.24, 2.45) is 0 Å². The quantitative estimate of drug-likeness (QED) is 0.565. The highest BCUT2D eigenvalue weighted by Gasteiger charge is 2.31. The number of H-pyrrole nitrogens is 1. The van der Waals surface area contributed by atoms with E-state index in [9.17, 15) is 27.2 Å². The number of amides is 1. The number of aliphatic carboxylic acids is 1. The van der Waals surface area contributed by atoms with E-state index in [1.165, 1.54) is 38.4 Å².